The molecule has 4 rings (SSSR count). The minimum absolute atomic E-state index is 0.0278. The van der Waals surface area contributed by atoms with E-state index in [0.29, 0.717) is 17.2 Å². The van der Waals surface area contributed by atoms with Gasteiger partial charge in [0, 0.05) is 24.0 Å². The van der Waals surface area contributed by atoms with Crippen LogP contribution in [0.2, 0.25) is 0 Å². The highest BCUT2D eigenvalue weighted by Crippen LogP contribution is 2.31. The predicted molar refractivity (Wildman–Crippen MR) is 109 cm³/mol. The molecule has 26 heavy (non-hydrogen) atoms. The van der Waals surface area contributed by atoms with Crippen molar-refractivity contribution in [3.05, 3.63) is 51.4 Å². The SMILES string of the molecule is Cc1ccc(-c2csc3nc(CN4CC(C)CC(C)C4)[nH]c(=O)c23)cc1. The molecular weight excluding hydrogens is 342 g/mol. The Morgan fingerprint density at radius 1 is 1.19 bits per heavy atom. The van der Waals surface area contributed by atoms with Crippen LogP contribution in [-0.4, -0.2) is 28.0 Å². The van der Waals surface area contributed by atoms with Crippen molar-refractivity contribution in [1.29, 1.82) is 0 Å². The summed E-state index contributed by atoms with van der Waals surface area (Å²) in [5, 5.41) is 2.76. The lowest BCUT2D eigenvalue weighted by Gasteiger charge is -2.34. The number of aromatic amines is 1. The van der Waals surface area contributed by atoms with Gasteiger partial charge in [-0.15, -0.1) is 11.3 Å². The van der Waals surface area contributed by atoms with Crippen molar-refractivity contribution in [1.82, 2.24) is 14.9 Å². The molecule has 0 spiro atoms. The molecule has 1 aliphatic heterocycles. The average Bonchev–Trinajstić information content (AvgIpc) is 2.99. The van der Waals surface area contributed by atoms with Crippen LogP contribution in [0.5, 0.6) is 0 Å². The highest BCUT2D eigenvalue weighted by Gasteiger charge is 2.23. The molecule has 0 radical (unpaired) electrons. The lowest BCUT2D eigenvalue weighted by molar-refractivity contribution is 0.131. The van der Waals surface area contributed by atoms with E-state index in [9.17, 15) is 4.79 Å². The van der Waals surface area contributed by atoms with E-state index in [1.165, 1.54) is 12.0 Å². The lowest BCUT2D eigenvalue weighted by atomic mass is 9.92. The molecule has 1 fully saturated rings. The summed E-state index contributed by atoms with van der Waals surface area (Å²) in [6, 6.07) is 8.29. The number of aromatic nitrogens is 2. The number of rotatable bonds is 3. The first-order valence-electron chi connectivity index (χ1n) is 9.29. The van der Waals surface area contributed by atoms with Crippen molar-refractivity contribution < 1.29 is 0 Å². The second-order valence-electron chi connectivity index (χ2n) is 7.85. The van der Waals surface area contributed by atoms with Gasteiger partial charge in [0.1, 0.15) is 10.7 Å². The number of benzene rings is 1. The molecule has 0 amide bonds. The van der Waals surface area contributed by atoms with E-state index in [1.807, 2.05) is 5.38 Å². The number of hydrogen-bond acceptors (Lipinski definition) is 4. The maximum atomic E-state index is 12.8. The first-order chi connectivity index (χ1) is 12.5. The summed E-state index contributed by atoms with van der Waals surface area (Å²) in [5.74, 6) is 2.18. The molecule has 3 aromatic rings. The number of thiophene rings is 1. The zero-order valence-corrected chi connectivity index (χ0v) is 16.4. The van der Waals surface area contributed by atoms with Gasteiger partial charge in [-0.2, -0.15) is 0 Å². The number of H-pyrrole nitrogens is 1. The molecule has 0 bridgehead atoms. The van der Waals surface area contributed by atoms with E-state index in [4.69, 9.17) is 4.98 Å². The Morgan fingerprint density at radius 3 is 2.58 bits per heavy atom. The quantitative estimate of drug-likeness (QED) is 0.745. The third-order valence-corrected chi connectivity index (χ3v) is 6.05. The molecular formula is C21H25N3OS. The zero-order valence-electron chi connectivity index (χ0n) is 15.6. The van der Waals surface area contributed by atoms with Gasteiger partial charge in [0.05, 0.1) is 11.9 Å². The summed E-state index contributed by atoms with van der Waals surface area (Å²) in [6.45, 7) is 9.54. The van der Waals surface area contributed by atoms with Crippen LogP contribution in [0.25, 0.3) is 21.3 Å². The number of hydrogen-bond donors (Lipinski definition) is 1. The largest absolute Gasteiger partial charge is 0.309 e. The monoisotopic (exact) mass is 367 g/mol. The van der Waals surface area contributed by atoms with Crippen LogP contribution >= 0.6 is 11.3 Å². The molecule has 0 aliphatic carbocycles. The number of nitrogens with zero attached hydrogens (tertiary/aromatic N) is 2. The Balaban J connectivity index is 1.66. The van der Waals surface area contributed by atoms with Crippen molar-refractivity contribution in [3.8, 4) is 11.1 Å². The molecule has 1 aliphatic rings. The standard InChI is InChI=1S/C21H25N3OS/c1-13-4-6-16(7-5-13)17-12-26-21-19(17)20(25)22-18(23-21)11-24-9-14(2)8-15(3)10-24/h4-7,12,14-15H,8-11H2,1-3H3,(H,22,23,25). The average molecular weight is 368 g/mol. The maximum Gasteiger partial charge on any atom is 0.260 e. The van der Waals surface area contributed by atoms with Gasteiger partial charge in [-0.1, -0.05) is 43.7 Å². The number of piperidine rings is 1. The normalized spacial score (nSPS) is 21.3. The first-order valence-corrected chi connectivity index (χ1v) is 10.2. The van der Waals surface area contributed by atoms with E-state index in [0.717, 1.165) is 41.4 Å². The number of nitrogens with one attached hydrogen (secondary N) is 1. The Morgan fingerprint density at radius 2 is 1.88 bits per heavy atom. The van der Waals surface area contributed by atoms with E-state index in [-0.39, 0.29) is 5.56 Å². The zero-order chi connectivity index (χ0) is 18.3. The van der Waals surface area contributed by atoms with Crippen molar-refractivity contribution in [3.63, 3.8) is 0 Å². The van der Waals surface area contributed by atoms with Crippen LogP contribution < -0.4 is 5.56 Å². The van der Waals surface area contributed by atoms with Gasteiger partial charge in [-0.25, -0.2) is 4.98 Å². The number of aryl methyl sites for hydroxylation is 1. The van der Waals surface area contributed by atoms with Gasteiger partial charge in [0.15, 0.2) is 0 Å². The van der Waals surface area contributed by atoms with Crippen LogP contribution in [0.15, 0.2) is 34.4 Å². The Bertz CT molecular complexity index is 963. The van der Waals surface area contributed by atoms with E-state index < -0.39 is 0 Å². The number of likely N-dealkylation sites (tertiary alicyclic amines) is 1. The molecule has 5 heteroatoms. The number of fused-ring (bicyclic) bond motifs is 1. The molecule has 3 heterocycles. The van der Waals surface area contributed by atoms with E-state index >= 15 is 0 Å². The Hall–Kier alpha value is -1.98. The summed E-state index contributed by atoms with van der Waals surface area (Å²) in [6.07, 6.45) is 1.28. The molecule has 0 saturated carbocycles. The fourth-order valence-corrected chi connectivity index (χ4v) is 5.11. The Labute approximate surface area is 157 Å². The van der Waals surface area contributed by atoms with Gasteiger partial charge in [0.2, 0.25) is 0 Å². The molecule has 136 valence electrons. The van der Waals surface area contributed by atoms with Gasteiger partial charge >= 0.3 is 0 Å². The van der Waals surface area contributed by atoms with Crippen molar-refractivity contribution in [2.45, 2.75) is 33.7 Å². The summed E-state index contributed by atoms with van der Waals surface area (Å²) < 4.78 is 0. The smallest absolute Gasteiger partial charge is 0.260 e. The maximum absolute atomic E-state index is 12.8. The predicted octanol–water partition coefficient (Wildman–Crippen LogP) is 4.44. The summed E-state index contributed by atoms with van der Waals surface area (Å²) >= 11 is 1.55. The molecule has 1 N–H and O–H groups in total. The van der Waals surface area contributed by atoms with Crippen molar-refractivity contribution in [2.24, 2.45) is 11.8 Å². The van der Waals surface area contributed by atoms with E-state index in [2.05, 4.69) is 54.9 Å². The third kappa shape index (κ3) is 3.46. The van der Waals surface area contributed by atoms with Gasteiger partial charge in [0.25, 0.3) is 5.56 Å². The molecule has 2 unspecified atom stereocenters. The van der Waals surface area contributed by atoms with Gasteiger partial charge < -0.3 is 4.98 Å². The Kier molecular flexibility index (Phi) is 4.67. The van der Waals surface area contributed by atoms with Crippen molar-refractivity contribution >= 4 is 21.6 Å². The van der Waals surface area contributed by atoms with Crippen LogP contribution in [-0.2, 0) is 6.54 Å². The van der Waals surface area contributed by atoms with Gasteiger partial charge in [-0.3, -0.25) is 9.69 Å². The lowest BCUT2D eigenvalue weighted by Crippen LogP contribution is -2.38. The first kappa shape index (κ1) is 17.4. The van der Waals surface area contributed by atoms with Crippen LogP contribution in [0.3, 0.4) is 0 Å². The second kappa shape index (κ2) is 6.97. The highest BCUT2D eigenvalue weighted by molar-refractivity contribution is 7.17. The summed E-state index contributed by atoms with van der Waals surface area (Å²) in [4.78, 5) is 23.8. The summed E-state index contributed by atoms with van der Waals surface area (Å²) in [5.41, 5.74) is 3.23. The molecule has 2 atom stereocenters. The fourth-order valence-electron chi connectivity index (χ4n) is 4.15. The molecule has 1 aromatic carbocycles. The molecule has 2 aromatic heterocycles. The van der Waals surface area contributed by atoms with Crippen molar-refractivity contribution in [2.75, 3.05) is 13.1 Å². The minimum Gasteiger partial charge on any atom is -0.309 e. The third-order valence-electron chi connectivity index (χ3n) is 5.17. The van der Waals surface area contributed by atoms with Crippen LogP contribution in [0, 0.1) is 18.8 Å². The minimum atomic E-state index is -0.0278. The summed E-state index contributed by atoms with van der Waals surface area (Å²) in [7, 11) is 0. The van der Waals surface area contributed by atoms with Crippen LogP contribution in [0.1, 0.15) is 31.7 Å². The van der Waals surface area contributed by atoms with Crippen LogP contribution in [0.4, 0.5) is 0 Å². The second-order valence-corrected chi connectivity index (χ2v) is 8.71. The molecule has 1 saturated heterocycles. The van der Waals surface area contributed by atoms with E-state index in [1.54, 1.807) is 11.3 Å². The fraction of sp³-hybridized carbons (Fsp3) is 0.429. The van der Waals surface area contributed by atoms with Gasteiger partial charge in [-0.05, 0) is 30.7 Å². The highest BCUT2D eigenvalue weighted by atomic mass is 32.1. The topological polar surface area (TPSA) is 49.0 Å². The molecule has 4 nitrogen and oxygen atoms in total.